The van der Waals surface area contributed by atoms with Gasteiger partial charge in [0.2, 0.25) is 0 Å². The van der Waals surface area contributed by atoms with Gasteiger partial charge in [0.05, 0.1) is 5.69 Å². The largest absolute Gasteiger partial charge is 0.258 e. The lowest BCUT2D eigenvalue weighted by molar-refractivity contribution is 0.152. The van der Waals surface area contributed by atoms with E-state index in [2.05, 4.69) is 10.2 Å². The first-order valence-corrected chi connectivity index (χ1v) is 4.62. The van der Waals surface area contributed by atoms with Crippen molar-refractivity contribution in [2.24, 2.45) is 5.18 Å². The Morgan fingerprint density at radius 1 is 1.71 bits per heavy atom. The summed E-state index contributed by atoms with van der Waals surface area (Å²) < 4.78 is 14.0. The number of pyridine rings is 1. The number of alkyl halides is 1. The molecule has 1 aromatic rings. The van der Waals surface area contributed by atoms with Crippen LogP contribution in [-0.2, 0) is 5.67 Å². The van der Waals surface area contributed by atoms with Crippen molar-refractivity contribution in [3.63, 3.8) is 0 Å². The SMILES string of the molecule is C[C@]1(F)CCC(N=O)c2ncccc21. The van der Waals surface area contributed by atoms with Gasteiger partial charge in [-0.2, -0.15) is 4.91 Å². The summed E-state index contributed by atoms with van der Waals surface area (Å²) in [5.41, 5.74) is -0.361. The zero-order valence-corrected chi connectivity index (χ0v) is 7.90. The summed E-state index contributed by atoms with van der Waals surface area (Å²) in [6.07, 6.45) is 2.35. The van der Waals surface area contributed by atoms with Crippen LogP contribution < -0.4 is 0 Å². The Kier molecular flexibility index (Phi) is 2.06. The van der Waals surface area contributed by atoms with Crippen LogP contribution in [0.5, 0.6) is 0 Å². The summed E-state index contributed by atoms with van der Waals surface area (Å²) in [5.74, 6) is 0. The highest BCUT2D eigenvalue weighted by Gasteiger charge is 2.37. The summed E-state index contributed by atoms with van der Waals surface area (Å²) in [5, 5.41) is 2.98. The zero-order valence-electron chi connectivity index (χ0n) is 7.90. The van der Waals surface area contributed by atoms with Crippen molar-refractivity contribution in [3.05, 3.63) is 34.5 Å². The van der Waals surface area contributed by atoms with Crippen molar-refractivity contribution in [1.29, 1.82) is 0 Å². The molecule has 0 fully saturated rings. The molecule has 0 radical (unpaired) electrons. The minimum Gasteiger partial charge on any atom is -0.258 e. The maximum Gasteiger partial charge on any atom is 0.135 e. The highest BCUT2D eigenvalue weighted by molar-refractivity contribution is 5.31. The van der Waals surface area contributed by atoms with E-state index in [0.717, 1.165) is 0 Å². The van der Waals surface area contributed by atoms with Crippen LogP contribution in [-0.4, -0.2) is 4.98 Å². The molecule has 0 bridgehead atoms. The molecule has 1 aromatic heterocycles. The van der Waals surface area contributed by atoms with Crippen LogP contribution in [0, 0.1) is 4.91 Å². The van der Waals surface area contributed by atoms with E-state index in [9.17, 15) is 9.30 Å². The van der Waals surface area contributed by atoms with Gasteiger partial charge in [-0.3, -0.25) is 4.98 Å². The molecule has 2 atom stereocenters. The van der Waals surface area contributed by atoms with Gasteiger partial charge < -0.3 is 0 Å². The van der Waals surface area contributed by atoms with Crippen LogP contribution in [0.4, 0.5) is 4.39 Å². The van der Waals surface area contributed by atoms with E-state index < -0.39 is 11.7 Å². The molecule has 0 saturated carbocycles. The van der Waals surface area contributed by atoms with Gasteiger partial charge in [-0.15, -0.1) is 0 Å². The molecule has 1 aliphatic carbocycles. The first-order chi connectivity index (χ1) is 6.65. The quantitative estimate of drug-likeness (QED) is 0.645. The van der Waals surface area contributed by atoms with Crippen LogP contribution in [0.3, 0.4) is 0 Å². The van der Waals surface area contributed by atoms with Gasteiger partial charge in [-0.1, -0.05) is 11.2 Å². The van der Waals surface area contributed by atoms with Gasteiger partial charge in [0.15, 0.2) is 0 Å². The van der Waals surface area contributed by atoms with Gasteiger partial charge in [0, 0.05) is 11.8 Å². The van der Waals surface area contributed by atoms with Gasteiger partial charge in [-0.05, 0) is 25.8 Å². The summed E-state index contributed by atoms with van der Waals surface area (Å²) in [6.45, 7) is 1.52. The van der Waals surface area contributed by atoms with Gasteiger partial charge in [0.1, 0.15) is 11.7 Å². The molecule has 74 valence electrons. The molecule has 14 heavy (non-hydrogen) atoms. The Bertz CT molecular complexity index is 365. The number of fused-ring (bicyclic) bond motifs is 1. The molecule has 0 N–H and O–H groups in total. The minimum atomic E-state index is -1.37. The number of hydrogen-bond donors (Lipinski definition) is 0. The van der Waals surface area contributed by atoms with Crippen molar-refractivity contribution in [3.8, 4) is 0 Å². The average molecular weight is 194 g/mol. The topological polar surface area (TPSA) is 42.3 Å². The molecular formula is C10H11FN2O. The number of aromatic nitrogens is 1. The van der Waals surface area contributed by atoms with Crippen LogP contribution in [0.15, 0.2) is 23.5 Å². The number of rotatable bonds is 1. The van der Waals surface area contributed by atoms with E-state index in [0.29, 0.717) is 24.1 Å². The standard InChI is InChI=1S/C10H11FN2O/c1-10(11)5-4-8(13-14)9-7(10)3-2-6-12-9/h2-3,6,8H,4-5H2,1H3/t8?,10-/m0/s1. The monoisotopic (exact) mass is 194 g/mol. The van der Waals surface area contributed by atoms with Crippen molar-refractivity contribution < 1.29 is 4.39 Å². The smallest absolute Gasteiger partial charge is 0.135 e. The second-order valence-corrected chi connectivity index (χ2v) is 3.79. The van der Waals surface area contributed by atoms with E-state index in [4.69, 9.17) is 0 Å². The number of halogens is 1. The zero-order chi connectivity index (χ0) is 10.2. The lowest BCUT2D eigenvalue weighted by atomic mass is 9.82. The first-order valence-electron chi connectivity index (χ1n) is 4.62. The molecule has 0 spiro atoms. The number of nitrogens with zero attached hydrogens (tertiary/aromatic N) is 2. The average Bonchev–Trinajstić information content (AvgIpc) is 2.18. The molecule has 1 heterocycles. The fraction of sp³-hybridized carbons (Fsp3) is 0.500. The fourth-order valence-corrected chi connectivity index (χ4v) is 1.91. The Morgan fingerprint density at radius 3 is 3.21 bits per heavy atom. The van der Waals surface area contributed by atoms with E-state index in [1.54, 1.807) is 18.3 Å². The van der Waals surface area contributed by atoms with Gasteiger partial charge in [-0.25, -0.2) is 4.39 Å². The molecule has 0 amide bonds. The van der Waals surface area contributed by atoms with Crippen molar-refractivity contribution in [2.75, 3.05) is 0 Å². The van der Waals surface area contributed by atoms with Crippen molar-refractivity contribution >= 4 is 0 Å². The third-order valence-electron chi connectivity index (χ3n) is 2.73. The predicted molar refractivity (Wildman–Crippen MR) is 50.5 cm³/mol. The maximum absolute atomic E-state index is 14.0. The highest BCUT2D eigenvalue weighted by Crippen LogP contribution is 2.42. The lowest BCUT2D eigenvalue weighted by Gasteiger charge is -2.29. The van der Waals surface area contributed by atoms with E-state index in [-0.39, 0.29) is 0 Å². The van der Waals surface area contributed by atoms with Crippen molar-refractivity contribution in [1.82, 2.24) is 4.98 Å². The fourth-order valence-electron chi connectivity index (χ4n) is 1.91. The lowest BCUT2D eigenvalue weighted by Crippen LogP contribution is -2.25. The second kappa shape index (κ2) is 3.12. The number of nitroso groups, excluding NO2 is 1. The molecular weight excluding hydrogens is 183 g/mol. The highest BCUT2D eigenvalue weighted by atomic mass is 19.1. The van der Waals surface area contributed by atoms with E-state index >= 15 is 0 Å². The van der Waals surface area contributed by atoms with E-state index in [1.807, 2.05) is 0 Å². The van der Waals surface area contributed by atoms with Gasteiger partial charge >= 0.3 is 0 Å². The third-order valence-corrected chi connectivity index (χ3v) is 2.73. The third kappa shape index (κ3) is 1.31. The van der Waals surface area contributed by atoms with Crippen molar-refractivity contribution in [2.45, 2.75) is 31.5 Å². The molecule has 4 heteroatoms. The maximum atomic E-state index is 14.0. The van der Waals surface area contributed by atoms with E-state index in [1.165, 1.54) is 6.92 Å². The minimum absolute atomic E-state index is 0.335. The van der Waals surface area contributed by atoms with Crippen LogP contribution >= 0.6 is 0 Å². The second-order valence-electron chi connectivity index (χ2n) is 3.79. The first kappa shape index (κ1) is 9.24. The normalized spacial score (nSPS) is 30.9. The Morgan fingerprint density at radius 2 is 2.50 bits per heavy atom. The molecule has 2 rings (SSSR count). The molecule has 1 unspecified atom stereocenters. The summed E-state index contributed by atoms with van der Waals surface area (Å²) >= 11 is 0. The molecule has 3 nitrogen and oxygen atoms in total. The Balaban J connectivity index is 2.54. The Hall–Kier alpha value is -1.32. The summed E-state index contributed by atoms with van der Waals surface area (Å²) in [6, 6.07) is 2.89. The van der Waals surface area contributed by atoms with Gasteiger partial charge in [0.25, 0.3) is 0 Å². The molecule has 1 aliphatic rings. The number of hydrogen-bond acceptors (Lipinski definition) is 3. The van der Waals surface area contributed by atoms with Crippen LogP contribution in [0.1, 0.15) is 37.1 Å². The molecule has 0 aromatic carbocycles. The summed E-state index contributed by atoms with van der Waals surface area (Å²) in [7, 11) is 0. The predicted octanol–water partition coefficient (Wildman–Crippen LogP) is 2.87. The summed E-state index contributed by atoms with van der Waals surface area (Å²) in [4.78, 5) is 14.6. The molecule has 0 aliphatic heterocycles. The van der Waals surface area contributed by atoms with Crippen LogP contribution in [0.25, 0.3) is 0 Å². The molecule has 0 saturated heterocycles. The van der Waals surface area contributed by atoms with Crippen LogP contribution in [0.2, 0.25) is 0 Å². The Labute approximate surface area is 81.3 Å².